The zero-order chi connectivity index (χ0) is 11.7. The number of carboxylic acids is 1. The molecular weight excluding hydrogens is 208 g/mol. The number of benzene rings is 1. The fourth-order valence-corrected chi connectivity index (χ4v) is 1.35. The Labute approximate surface area is 91.3 Å². The molecule has 16 heavy (non-hydrogen) atoms. The number of aromatic nitrogens is 3. The Morgan fingerprint density at radius 3 is 2.81 bits per heavy atom. The second-order valence-electron chi connectivity index (χ2n) is 3.36. The maximum absolute atomic E-state index is 11.0. The van der Waals surface area contributed by atoms with Crippen molar-refractivity contribution in [2.45, 2.75) is 6.92 Å². The molecule has 1 aromatic carbocycles. The van der Waals surface area contributed by atoms with Crippen LogP contribution in [0.3, 0.4) is 0 Å². The van der Waals surface area contributed by atoms with Crippen LogP contribution in [0.15, 0.2) is 24.4 Å². The van der Waals surface area contributed by atoms with Gasteiger partial charge < -0.3 is 10.8 Å². The predicted octanol–water partition coefficient (Wildman–Crippen LogP) is 0.856. The quantitative estimate of drug-likeness (QED) is 0.729. The monoisotopic (exact) mass is 218 g/mol. The molecule has 0 atom stereocenters. The van der Waals surface area contributed by atoms with Crippen LogP contribution in [0.5, 0.6) is 0 Å². The maximum Gasteiger partial charge on any atom is 0.338 e. The second-order valence-corrected chi connectivity index (χ2v) is 3.36. The van der Waals surface area contributed by atoms with Crippen molar-refractivity contribution in [2.24, 2.45) is 0 Å². The molecule has 3 N–H and O–H groups in total. The van der Waals surface area contributed by atoms with Crippen LogP contribution in [0.2, 0.25) is 0 Å². The molecule has 2 rings (SSSR count). The molecule has 2 aromatic rings. The molecule has 0 aliphatic heterocycles. The van der Waals surface area contributed by atoms with Crippen LogP contribution in [-0.4, -0.2) is 26.1 Å². The number of nitrogens with two attached hydrogens (primary N) is 1. The Balaban J connectivity index is 2.60. The van der Waals surface area contributed by atoms with Crippen LogP contribution >= 0.6 is 0 Å². The molecule has 82 valence electrons. The average molecular weight is 218 g/mol. The van der Waals surface area contributed by atoms with E-state index in [4.69, 9.17) is 10.8 Å². The van der Waals surface area contributed by atoms with Gasteiger partial charge in [0.25, 0.3) is 0 Å². The van der Waals surface area contributed by atoms with Crippen molar-refractivity contribution in [1.29, 1.82) is 0 Å². The number of hydrogen-bond acceptors (Lipinski definition) is 4. The van der Waals surface area contributed by atoms with Crippen LogP contribution in [0.4, 0.5) is 5.69 Å². The summed E-state index contributed by atoms with van der Waals surface area (Å²) >= 11 is 0. The number of aromatic carboxylic acids is 1. The van der Waals surface area contributed by atoms with Gasteiger partial charge in [-0.25, -0.2) is 4.79 Å². The van der Waals surface area contributed by atoms with Gasteiger partial charge in [-0.1, -0.05) is 0 Å². The van der Waals surface area contributed by atoms with Crippen LogP contribution in [0.25, 0.3) is 5.69 Å². The van der Waals surface area contributed by atoms with E-state index in [0.717, 1.165) is 0 Å². The number of nitrogens with zero attached hydrogens (tertiary/aromatic N) is 3. The van der Waals surface area contributed by atoms with Gasteiger partial charge in [0.1, 0.15) is 5.69 Å². The van der Waals surface area contributed by atoms with Crippen molar-refractivity contribution in [3.05, 3.63) is 35.7 Å². The van der Waals surface area contributed by atoms with Crippen LogP contribution < -0.4 is 5.73 Å². The van der Waals surface area contributed by atoms with Gasteiger partial charge in [0.15, 0.2) is 0 Å². The molecular formula is C10H10N4O2. The van der Waals surface area contributed by atoms with Crippen LogP contribution in [-0.2, 0) is 0 Å². The highest BCUT2D eigenvalue weighted by molar-refractivity contribution is 5.92. The minimum absolute atomic E-state index is 0.0793. The van der Waals surface area contributed by atoms with Gasteiger partial charge in [-0.15, -0.1) is 0 Å². The molecule has 0 bridgehead atoms. The zero-order valence-corrected chi connectivity index (χ0v) is 8.58. The van der Waals surface area contributed by atoms with E-state index >= 15 is 0 Å². The van der Waals surface area contributed by atoms with Crippen LogP contribution in [0.1, 0.15) is 16.1 Å². The first-order valence-electron chi connectivity index (χ1n) is 4.60. The number of carboxylic acid groups (broad SMARTS) is 1. The van der Waals surface area contributed by atoms with E-state index in [1.54, 1.807) is 25.3 Å². The summed E-state index contributed by atoms with van der Waals surface area (Å²) in [7, 11) is 0. The smallest absolute Gasteiger partial charge is 0.338 e. The summed E-state index contributed by atoms with van der Waals surface area (Å²) in [6, 6.07) is 4.58. The van der Waals surface area contributed by atoms with E-state index in [-0.39, 0.29) is 5.56 Å². The van der Waals surface area contributed by atoms with E-state index in [1.165, 1.54) is 10.9 Å². The van der Waals surface area contributed by atoms with Gasteiger partial charge in [-0.2, -0.15) is 15.0 Å². The molecule has 0 aliphatic rings. The summed E-state index contributed by atoms with van der Waals surface area (Å²) in [5.41, 5.74) is 7.12. The Kier molecular flexibility index (Phi) is 2.32. The van der Waals surface area contributed by atoms with Gasteiger partial charge in [-0.05, 0) is 25.1 Å². The molecule has 0 radical (unpaired) electrons. The SMILES string of the molecule is Cc1cnn(-c2ccc(N)cc2C(=O)O)n1. The third-order valence-corrected chi connectivity index (χ3v) is 2.07. The summed E-state index contributed by atoms with van der Waals surface area (Å²) in [5.74, 6) is -1.06. The summed E-state index contributed by atoms with van der Waals surface area (Å²) in [6.07, 6.45) is 1.56. The number of aryl methyl sites for hydroxylation is 1. The molecule has 6 heteroatoms. The van der Waals surface area contributed by atoms with Gasteiger partial charge >= 0.3 is 5.97 Å². The molecule has 1 aromatic heterocycles. The molecule has 0 saturated heterocycles. The Morgan fingerprint density at radius 2 is 2.25 bits per heavy atom. The zero-order valence-electron chi connectivity index (χ0n) is 8.58. The topological polar surface area (TPSA) is 94.0 Å². The minimum atomic E-state index is -1.06. The fraction of sp³-hybridized carbons (Fsp3) is 0.100. The van der Waals surface area contributed by atoms with Gasteiger partial charge in [0.2, 0.25) is 0 Å². The molecule has 0 unspecified atom stereocenters. The largest absolute Gasteiger partial charge is 0.478 e. The standard InChI is InChI=1S/C10H10N4O2/c1-6-5-12-14(13-6)9-3-2-7(11)4-8(9)10(15)16/h2-5H,11H2,1H3,(H,15,16). The second kappa shape index (κ2) is 3.65. The lowest BCUT2D eigenvalue weighted by atomic mass is 10.1. The molecule has 6 nitrogen and oxygen atoms in total. The molecule has 0 spiro atoms. The van der Waals surface area contributed by atoms with Crippen molar-refractivity contribution in [3.63, 3.8) is 0 Å². The minimum Gasteiger partial charge on any atom is -0.478 e. The van der Waals surface area contributed by atoms with Crippen LogP contribution in [0, 0.1) is 6.92 Å². The Bertz CT molecular complexity index is 548. The van der Waals surface area contributed by atoms with E-state index in [1.807, 2.05) is 0 Å². The predicted molar refractivity (Wildman–Crippen MR) is 57.5 cm³/mol. The lowest BCUT2D eigenvalue weighted by molar-refractivity contribution is 0.0696. The number of anilines is 1. The fourth-order valence-electron chi connectivity index (χ4n) is 1.35. The molecule has 0 aliphatic carbocycles. The number of nitrogen functional groups attached to an aromatic ring is 1. The van der Waals surface area contributed by atoms with E-state index < -0.39 is 5.97 Å². The normalized spacial score (nSPS) is 10.3. The number of carbonyl (C=O) groups is 1. The summed E-state index contributed by atoms with van der Waals surface area (Å²) in [6.45, 7) is 1.78. The summed E-state index contributed by atoms with van der Waals surface area (Å²) in [5, 5.41) is 17.0. The first-order chi connectivity index (χ1) is 7.58. The van der Waals surface area contributed by atoms with E-state index in [0.29, 0.717) is 17.1 Å². The highest BCUT2D eigenvalue weighted by atomic mass is 16.4. The lowest BCUT2D eigenvalue weighted by Crippen LogP contribution is -2.08. The average Bonchev–Trinajstić information content (AvgIpc) is 2.64. The number of rotatable bonds is 2. The van der Waals surface area contributed by atoms with Gasteiger partial charge in [0.05, 0.1) is 17.5 Å². The van der Waals surface area contributed by atoms with Gasteiger partial charge in [0, 0.05) is 5.69 Å². The van der Waals surface area contributed by atoms with Crippen molar-refractivity contribution in [2.75, 3.05) is 5.73 Å². The number of hydrogen-bond donors (Lipinski definition) is 2. The lowest BCUT2D eigenvalue weighted by Gasteiger charge is -2.05. The molecule has 0 amide bonds. The third-order valence-electron chi connectivity index (χ3n) is 2.07. The summed E-state index contributed by atoms with van der Waals surface area (Å²) in [4.78, 5) is 12.3. The van der Waals surface area contributed by atoms with E-state index in [9.17, 15) is 4.79 Å². The van der Waals surface area contributed by atoms with Crippen molar-refractivity contribution in [1.82, 2.24) is 15.0 Å². The Hall–Kier alpha value is -2.37. The van der Waals surface area contributed by atoms with Crippen molar-refractivity contribution < 1.29 is 9.90 Å². The maximum atomic E-state index is 11.0. The third kappa shape index (κ3) is 1.72. The summed E-state index contributed by atoms with van der Waals surface area (Å²) < 4.78 is 0. The van der Waals surface area contributed by atoms with Gasteiger partial charge in [-0.3, -0.25) is 0 Å². The first-order valence-corrected chi connectivity index (χ1v) is 4.60. The molecule has 0 saturated carbocycles. The highest BCUT2D eigenvalue weighted by Gasteiger charge is 2.13. The molecule has 0 fully saturated rings. The molecule has 1 heterocycles. The highest BCUT2D eigenvalue weighted by Crippen LogP contribution is 2.16. The van der Waals surface area contributed by atoms with Crippen molar-refractivity contribution >= 4 is 11.7 Å². The van der Waals surface area contributed by atoms with Crippen molar-refractivity contribution in [3.8, 4) is 5.69 Å². The first kappa shape index (κ1) is 10.2. The Morgan fingerprint density at radius 1 is 1.50 bits per heavy atom. The van der Waals surface area contributed by atoms with E-state index in [2.05, 4.69) is 10.2 Å².